The topological polar surface area (TPSA) is 43.8 Å². The normalized spacial score (nSPS) is 10.8. The van der Waals surface area contributed by atoms with Crippen LogP contribution in [0.4, 0.5) is 5.69 Å². The molecule has 3 nitrogen and oxygen atoms in total. The maximum atomic E-state index is 6.13. The molecule has 0 aliphatic rings. The SMILES string of the molecule is CCCn1cc(N)c(-c2ccc(Cl)cc2Cl)n1. The molecule has 2 aromatic rings. The summed E-state index contributed by atoms with van der Waals surface area (Å²) in [5, 5.41) is 5.59. The highest BCUT2D eigenvalue weighted by atomic mass is 35.5. The van der Waals surface area contributed by atoms with Crippen LogP contribution in [-0.2, 0) is 6.54 Å². The van der Waals surface area contributed by atoms with Gasteiger partial charge in [0.15, 0.2) is 0 Å². The van der Waals surface area contributed by atoms with Crippen LogP contribution >= 0.6 is 23.2 Å². The van der Waals surface area contributed by atoms with Crippen LogP contribution in [0.5, 0.6) is 0 Å². The van der Waals surface area contributed by atoms with Crippen molar-refractivity contribution in [1.29, 1.82) is 0 Å². The molecule has 0 saturated heterocycles. The number of benzene rings is 1. The first-order valence-corrected chi connectivity index (χ1v) is 6.15. The van der Waals surface area contributed by atoms with Gasteiger partial charge in [-0.3, -0.25) is 4.68 Å². The zero-order valence-electron chi connectivity index (χ0n) is 9.45. The maximum Gasteiger partial charge on any atom is 0.117 e. The zero-order valence-corrected chi connectivity index (χ0v) is 11.0. The Labute approximate surface area is 110 Å². The van der Waals surface area contributed by atoms with E-state index in [-0.39, 0.29) is 0 Å². The summed E-state index contributed by atoms with van der Waals surface area (Å²) < 4.78 is 1.83. The second-order valence-electron chi connectivity index (χ2n) is 3.82. The monoisotopic (exact) mass is 269 g/mol. The summed E-state index contributed by atoms with van der Waals surface area (Å²) in [4.78, 5) is 0. The van der Waals surface area contributed by atoms with Crippen LogP contribution in [0.2, 0.25) is 10.0 Å². The molecule has 1 heterocycles. The molecule has 0 atom stereocenters. The minimum atomic E-state index is 0.561. The lowest BCUT2D eigenvalue weighted by Gasteiger charge is -2.02. The molecule has 0 bridgehead atoms. The number of hydrogen-bond acceptors (Lipinski definition) is 2. The van der Waals surface area contributed by atoms with Crippen molar-refractivity contribution in [3.63, 3.8) is 0 Å². The molecule has 2 rings (SSSR count). The third-order valence-corrected chi connectivity index (χ3v) is 2.98. The van der Waals surface area contributed by atoms with Gasteiger partial charge in [0.25, 0.3) is 0 Å². The lowest BCUT2D eigenvalue weighted by atomic mass is 10.1. The molecule has 90 valence electrons. The molecule has 0 spiro atoms. The lowest BCUT2D eigenvalue weighted by molar-refractivity contribution is 0.605. The molecule has 0 unspecified atom stereocenters. The van der Waals surface area contributed by atoms with Crippen molar-refractivity contribution in [2.24, 2.45) is 0 Å². The Balaban J connectivity index is 2.45. The van der Waals surface area contributed by atoms with E-state index in [0.29, 0.717) is 21.4 Å². The molecule has 0 fully saturated rings. The van der Waals surface area contributed by atoms with Gasteiger partial charge in [-0.2, -0.15) is 5.10 Å². The minimum Gasteiger partial charge on any atom is -0.396 e. The Morgan fingerprint density at radius 1 is 1.35 bits per heavy atom. The fourth-order valence-corrected chi connectivity index (χ4v) is 2.17. The summed E-state index contributed by atoms with van der Waals surface area (Å²) in [5.74, 6) is 0. The van der Waals surface area contributed by atoms with E-state index in [1.807, 2.05) is 16.9 Å². The molecule has 0 amide bonds. The predicted octanol–water partition coefficient (Wildman–Crippen LogP) is 3.85. The zero-order chi connectivity index (χ0) is 12.4. The van der Waals surface area contributed by atoms with E-state index in [9.17, 15) is 0 Å². The molecule has 17 heavy (non-hydrogen) atoms. The van der Waals surface area contributed by atoms with Crippen molar-refractivity contribution in [2.45, 2.75) is 19.9 Å². The highest BCUT2D eigenvalue weighted by Crippen LogP contribution is 2.32. The van der Waals surface area contributed by atoms with Gasteiger partial charge in [-0.05, 0) is 24.6 Å². The largest absolute Gasteiger partial charge is 0.396 e. The van der Waals surface area contributed by atoms with E-state index < -0.39 is 0 Å². The van der Waals surface area contributed by atoms with E-state index in [0.717, 1.165) is 18.5 Å². The number of halogens is 2. The second-order valence-corrected chi connectivity index (χ2v) is 4.66. The first-order chi connectivity index (χ1) is 8.11. The van der Waals surface area contributed by atoms with Crippen LogP contribution in [0.15, 0.2) is 24.4 Å². The van der Waals surface area contributed by atoms with Crippen molar-refractivity contribution >= 4 is 28.9 Å². The summed E-state index contributed by atoms with van der Waals surface area (Å²) in [6.07, 6.45) is 2.83. The summed E-state index contributed by atoms with van der Waals surface area (Å²) >= 11 is 12.0. The third-order valence-electron chi connectivity index (χ3n) is 2.43. The molecule has 5 heteroatoms. The second kappa shape index (κ2) is 4.98. The molecule has 2 N–H and O–H groups in total. The number of hydrogen-bond donors (Lipinski definition) is 1. The van der Waals surface area contributed by atoms with Crippen LogP contribution in [0, 0.1) is 0 Å². The maximum absolute atomic E-state index is 6.13. The summed E-state index contributed by atoms with van der Waals surface area (Å²) in [6.45, 7) is 2.93. The number of nitrogens with zero attached hydrogens (tertiary/aromatic N) is 2. The highest BCUT2D eigenvalue weighted by molar-refractivity contribution is 6.36. The van der Waals surface area contributed by atoms with Crippen molar-refractivity contribution in [3.8, 4) is 11.3 Å². The number of aromatic nitrogens is 2. The van der Waals surface area contributed by atoms with Gasteiger partial charge in [0, 0.05) is 23.3 Å². The first-order valence-electron chi connectivity index (χ1n) is 5.40. The summed E-state index contributed by atoms with van der Waals surface area (Å²) in [7, 11) is 0. The van der Waals surface area contributed by atoms with E-state index >= 15 is 0 Å². The summed E-state index contributed by atoms with van der Waals surface area (Å²) in [5.41, 5.74) is 8.08. The van der Waals surface area contributed by atoms with Gasteiger partial charge in [-0.15, -0.1) is 0 Å². The molecule has 0 aliphatic heterocycles. The Kier molecular flexibility index (Phi) is 3.60. The minimum absolute atomic E-state index is 0.561. The van der Waals surface area contributed by atoms with E-state index in [2.05, 4.69) is 12.0 Å². The molecule has 0 saturated carbocycles. The summed E-state index contributed by atoms with van der Waals surface area (Å²) in [6, 6.07) is 5.30. The number of rotatable bonds is 3. The van der Waals surface area contributed by atoms with Crippen molar-refractivity contribution in [2.75, 3.05) is 5.73 Å². The first kappa shape index (κ1) is 12.3. The highest BCUT2D eigenvalue weighted by Gasteiger charge is 2.11. The third kappa shape index (κ3) is 2.56. The quantitative estimate of drug-likeness (QED) is 0.920. The molecular weight excluding hydrogens is 257 g/mol. The molecule has 0 aliphatic carbocycles. The Hall–Kier alpha value is -1.19. The average Bonchev–Trinajstić information content (AvgIpc) is 2.60. The Morgan fingerprint density at radius 3 is 2.76 bits per heavy atom. The molecular formula is C12H13Cl2N3. The van der Waals surface area contributed by atoms with Crippen molar-refractivity contribution in [3.05, 3.63) is 34.4 Å². The number of aryl methyl sites for hydroxylation is 1. The van der Waals surface area contributed by atoms with Gasteiger partial charge >= 0.3 is 0 Å². The Morgan fingerprint density at radius 2 is 2.12 bits per heavy atom. The smallest absolute Gasteiger partial charge is 0.117 e. The predicted molar refractivity (Wildman–Crippen MR) is 72.4 cm³/mol. The van der Waals surface area contributed by atoms with Crippen molar-refractivity contribution < 1.29 is 0 Å². The van der Waals surface area contributed by atoms with E-state index in [4.69, 9.17) is 28.9 Å². The van der Waals surface area contributed by atoms with Crippen LogP contribution in [-0.4, -0.2) is 9.78 Å². The van der Waals surface area contributed by atoms with Gasteiger partial charge in [0.2, 0.25) is 0 Å². The molecule has 0 radical (unpaired) electrons. The molecule has 1 aromatic carbocycles. The van der Waals surface area contributed by atoms with Gasteiger partial charge in [0.1, 0.15) is 5.69 Å². The number of nitrogens with two attached hydrogens (primary N) is 1. The van der Waals surface area contributed by atoms with Crippen molar-refractivity contribution in [1.82, 2.24) is 9.78 Å². The van der Waals surface area contributed by atoms with Gasteiger partial charge in [-0.25, -0.2) is 0 Å². The lowest BCUT2D eigenvalue weighted by Crippen LogP contribution is -1.96. The van der Waals surface area contributed by atoms with Crippen LogP contribution in [0.25, 0.3) is 11.3 Å². The number of nitrogen functional groups attached to an aromatic ring is 1. The average molecular weight is 270 g/mol. The molecule has 1 aromatic heterocycles. The number of anilines is 1. The standard InChI is InChI=1S/C12H13Cl2N3/c1-2-5-17-7-11(15)12(16-17)9-4-3-8(13)6-10(9)14/h3-4,6-7H,2,5,15H2,1H3. The fourth-order valence-electron chi connectivity index (χ4n) is 1.67. The van der Waals surface area contributed by atoms with Gasteiger partial charge < -0.3 is 5.73 Å². The van der Waals surface area contributed by atoms with Gasteiger partial charge in [-0.1, -0.05) is 30.1 Å². The van der Waals surface area contributed by atoms with Gasteiger partial charge in [0.05, 0.1) is 10.7 Å². The van der Waals surface area contributed by atoms with E-state index in [1.54, 1.807) is 12.1 Å². The fraction of sp³-hybridized carbons (Fsp3) is 0.250. The van der Waals surface area contributed by atoms with Crippen LogP contribution in [0.3, 0.4) is 0 Å². The van der Waals surface area contributed by atoms with E-state index in [1.165, 1.54) is 0 Å². The van der Waals surface area contributed by atoms with Crippen LogP contribution < -0.4 is 5.73 Å². The Bertz CT molecular complexity index is 535. The van der Waals surface area contributed by atoms with Crippen LogP contribution in [0.1, 0.15) is 13.3 Å².